The first kappa shape index (κ1) is 13.1. The number of pyridine rings is 1. The van der Waals surface area contributed by atoms with Crippen LogP contribution in [0.4, 0.5) is 21.6 Å². The summed E-state index contributed by atoms with van der Waals surface area (Å²) in [5.41, 5.74) is 6.58. The maximum atomic E-state index is 13.5. The van der Waals surface area contributed by atoms with Crippen LogP contribution < -0.4 is 15.8 Å². The van der Waals surface area contributed by atoms with E-state index in [4.69, 9.17) is 10.5 Å². The van der Waals surface area contributed by atoms with E-state index in [2.05, 4.69) is 10.3 Å². The van der Waals surface area contributed by atoms with Gasteiger partial charge in [-0.2, -0.15) is 4.98 Å². The molecule has 0 atom stereocenters. The van der Waals surface area contributed by atoms with Crippen molar-refractivity contribution in [1.82, 2.24) is 4.98 Å². The minimum absolute atomic E-state index is 0.0292. The van der Waals surface area contributed by atoms with Crippen molar-refractivity contribution < 1.29 is 9.13 Å². The van der Waals surface area contributed by atoms with Gasteiger partial charge in [0.1, 0.15) is 11.6 Å². The molecule has 0 aliphatic heterocycles. The minimum Gasteiger partial charge on any atom is -0.473 e. The zero-order valence-electron chi connectivity index (χ0n) is 10.9. The van der Waals surface area contributed by atoms with Crippen LogP contribution in [0.25, 0.3) is 0 Å². The molecule has 5 heteroatoms. The SMILES string of the molecule is CC(C)Oc1nc(Nc2ccccc2F)ccc1N. The van der Waals surface area contributed by atoms with Gasteiger partial charge in [-0.05, 0) is 38.1 Å². The molecule has 1 aromatic carbocycles. The second kappa shape index (κ2) is 5.56. The molecule has 2 aromatic rings. The van der Waals surface area contributed by atoms with Gasteiger partial charge in [-0.25, -0.2) is 4.39 Å². The number of nitrogens with one attached hydrogen (secondary N) is 1. The first-order valence-electron chi connectivity index (χ1n) is 6.01. The zero-order chi connectivity index (χ0) is 13.8. The van der Waals surface area contributed by atoms with E-state index in [0.29, 0.717) is 23.1 Å². The number of aromatic nitrogens is 1. The molecule has 0 fully saturated rings. The number of anilines is 3. The van der Waals surface area contributed by atoms with Gasteiger partial charge in [-0.3, -0.25) is 0 Å². The second-order valence-electron chi connectivity index (χ2n) is 4.36. The lowest BCUT2D eigenvalue weighted by Gasteiger charge is -2.13. The number of nitrogens with zero attached hydrogens (tertiary/aromatic N) is 1. The van der Waals surface area contributed by atoms with Crippen LogP contribution in [0.15, 0.2) is 36.4 Å². The summed E-state index contributed by atoms with van der Waals surface area (Å²) in [4.78, 5) is 4.22. The number of halogens is 1. The molecule has 19 heavy (non-hydrogen) atoms. The van der Waals surface area contributed by atoms with E-state index in [-0.39, 0.29) is 11.9 Å². The van der Waals surface area contributed by atoms with Crippen LogP contribution in [0.2, 0.25) is 0 Å². The number of para-hydroxylation sites is 1. The second-order valence-corrected chi connectivity index (χ2v) is 4.36. The van der Waals surface area contributed by atoms with Gasteiger partial charge >= 0.3 is 0 Å². The predicted molar refractivity (Wildman–Crippen MR) is 74.1 cm³/mol. The molecule has 0 aliphatic carbocycles. The number of hydrogen-bond donors (Lipinski definition) is 2. The van der Waals surface area contributed by atoms with Crippen molar-refractivity contribution in [3.8, 4) is 5.88 Å². The number of nitrogen functional groups attached to an aromatic ring is 1. The van der Waals surface area contributed by atoms with E-state index >= 15 is 0 Å². The Morgan fingerprint density at radius 3 is 2.63 bits per heavy atom. The predicted octanol–water partition coefficient (Wildman–Crippen LogP) is 3.33. The van der Waals surface area contributed by atoms with Gasteiger partial charge < -0.3 is 15.8 Å². The Hall–Kier alpha value is -2.30. The lowest BCUT2D eigenvalue weighted by Crippen LogP contribution is -2.09. The van der Waals surface area contributed by atoms with E-state index in [1.165, 1.54) is 6.07 Å². The molecule has 0 saturated carbocycles. The summed E-state index contributed by atoms with van der Waals surface area (Å²) in [5.74, 6) is 0.485. The fraction of sp³-hybridized carbons (Fsp3) is 0.214. The Morgan fingerprint density at radius 1 is 1.21 bits per heavy atom. The quantitative estimate of drug-likeness (QED) is 0.886. The van der Waals surface area contributed by atoms with E-state index in [9.17, 15) is 4.39 Å². The molecule has 1 heterocycles. The number of benzene rings is 1. The maximum absolute atomic E-state index is 13.5. The van der Waals surface area contributed by atoms with Gasteiger partial charge in [0.2, 0.25) is 5.88 Å². The summed E-state index contributed by atoms with van der Waals surface area (Å²) >= 11 is 0. The minimum atomic E-state index is -0.340. The number of rotatable bonds is 4. The third-order valence-corrected chi connectivity index (χ3v) is 2.37. The topological polar surface area (TPSA) is 60.2 Å². The van der Waals surface area contributed by atoms with Crippen LogP contribution in [-0.2, 0) is 0 Å². The van der Waals surface area contributed by atoms with Gasteiger partial charge in [-0.1, -0.05) is 12.1 Å². The summed E-state index contributed by atoms with van der Waals surface area (Å²) in [5, 5.41) is 2.89. The van der Waals surface area contributed by atoms with Crippen LogP contribution in [0.5, 0.6) is 5.88 Å². The summed E-state index contributed by atoms with van der Waals surface area (Å²) in [6.45, 7) is 3.77. The first-order valence-corrected chi connectivity index (χ1v) is 6.01. The molecule has 1 aromatic heterocycles. The third kappa shape index (κ3) is 3.34. The highest BCUT2D eigenvalue weighted by atomic mass is 19.1. The van der Waals surface area contributed by atoms with Crippen LogP contribution in [-0.4, -0.2) is 11.1 Å². The van der Waals surface area contributed by atoms with Crippen LogP contribution in [0, 0.1) is 5.82 Å². The molecule has 0 radical (unpaired) electrons. The van der Waals surface area contributed by atoms with E-state index in [0.717, 1.165) is 0 Å². The largest absolute Gasteiger partial charge is 0.473 e. The van der Waals surface area contributed by atoms with Crippen LogP contribution in [0.1, 0.15) is 13.8 Å². The van der Waals surface area contributed by atoms with Crippen molar-refractivity contribution in [2.75, 3.05) is 11.1 Å². The van der Waals surface area contributed by atoms with Crippen molar-refractivity contribution in [3.05, 3.63) is 42.2 Å². The molecule has 0 bridgehead atoms. The molecule has 4 nitrogen and oxygen atoms in total. The summed E-state index contributed by atoms with van der Waals surface area (Å²) in [6, 6.07) is 9.74. The first-order chi connectivity index (χ1) is 9.06. The standard InChI is InChI=1S/C14H16FN3O/c1-9(2)19-14-11(16)7-8-13(18-14)17-12-6-4-3-5-10(12)15/h3-9H,16H2,1-2H3,(H,17,18). The maximum Gasteiger partial charge on any atom is 0.239 e. The van der Waals surface area contributed by atoms with E-state index in [1.54, 1.807) is 30.3 Å². The molecular formula is C14H16FN3O. The van der Waals surface area contributed by atoms with E-state index < -0.39 is 0 Å². The zero-order valence-corrected chi connectivity index (χ0v) is 10.9. The molecule has 0 amide bonds. The number of hydrogen-bond acceptors (Lipinski definition) is 4. The average molecular weight is 261 g/mol. The third-order valence-electron chi connectivity index (χ3n) is 2.37. The Morgan fingerprint density at radius 2 is 1.95 bits per heavy atom. The van der Waals surface area contributed by atoms with Crippen molar-refractivity contribution in [2.45, 2.75) is 20.0 Å². The Kier molecular flexibility index (Phi) is 3.85. The normalized spacial score (nSPS) is 10.5. The highest BCUT2D eigenvalue weighted by Gasteiger charge is 2.08. The molecule has 100 valence electrons. The number of nitrogens with two attached hydrogens (primary N) is 1. The van der Waals surface area contributed by atoms with Gasteiger partial charge in [0.25, 0.3) is 0 Å². The molecule has 0 aliphatic rings. The van der Waals surface area contributed by atoms with Crippen LogP contribution in [0.3, 0.4) is 0 Å². The van der Waals surface area contributed by atoms with Crippen molar-refractivity contribution >= 4 is 17.2 Å². The van der Waals surface area contributed by atoms with Gasteiger partial charge in [-0.15, -0.1) is 0 Å². The lowest BCUT2D eigenvalue weighted by atomic mass is 10.3. The molecule has 0 unspecified atom stereocenters. The Labute approximate surface area is 111 Å². The fourth-order valence-electron chi connectivity index (χ4n) is 1.54. The van der Waals surface area contributed by atoms with Gasteiger partial charge in [0, 0.05) is 0 Å². The monoisotopic (exact) mass is 261 g/mol. The van der Waals surface area contributed by atoms with E-state index in [1.807, 2.05) is 13.8 Å². The summed E-state index contributed by atoms with van der Waals surface area (Å²) < 4.78 is 19.0. The Bertz CT molecular complexity index is 572. The summed E-state index contributed by atoms with van der Waals surface area (Å²) in [7, 11) is 0. The molecular weight excluding hydrogens is 245 g/mol. The molecule has 0 spiro atoms. The van der Waals surface area contributed by atoms with Gasteiger partial charge in [0.05, 0.1) is 17.5 Å². The Balaban J connectivity index is 2.24. The smallest absolute Gasteiger partial charge is 0.239 e. The lowest BCUT2D eigenvalue weighted by molar-refractivity contribution is 0.234. The summed E-state index contributed by atoms with van der Waals surface area (Å²) in [6.07, 6.45) is -0.0292. The van der Waals surface area contributed by atoms with Crippen molar-refractivity contribution in [3.63, 3.8) is 0 Å². The average Bonchev–Trinajstić information content (AvgIpc) is 2.35. The highest BCUT2D eigenvalue weighted by Crippen LogP contribution is 2.24. The number of ether oxygens (including phenoxy) is 1. The highest BCUT2D eigenvalue weighted by molar-refractivity contribution is 5.61. The van der Waals surface area contributed by atoms with Gasteiger partial charge in [0.15, 0.2) is 0 Å². The molecule has 2 rings (SSSR count). The molecule has 0 saturated heterocycles. The van der Waals surface area contributed by atoms with Crippen LogP contribution >= 0.6 is 0 Å². The van der Waals surface area contributed by atoms with Crippen molar-refractivity contribution in [2.24, 2.45) is 0 Å². The van der Waals surface area contributed by atoms with Crippen molar-refractivity contribution in [1.29, 1.82) is 0 Å². The fourth-order valence-corrected chi connectivity index (χ4v) is 1.54. The molecule has 3 N–H and O–H groups in total.